The Labute approximate surface area is 112 Å². The summed E-state index contributed by atoms with van der Waals surface area (Å²) in [7, 11) is 0. The Balaban J connectivity index is 2.84. The third-order valence-corrected chi connectivity index (χ3v) is 3.65. The van der Waals surface area contributed by atoms with E-state index in [1.165, 1.54) is 12.1 Å². The van der Waals surface area contributed by atoms with Crippen molar-refractivity contribution in [2.45, 2.75) is 58.2 Å². The van der Waals surface area contributed by atoms with Crippen LogP contribution in [0, 0.1) is 0 Å². The first-order valence-electron chi connectivity index (χ1n) is 6.67. The van der Waals surface area contributed by atoms with Gasteiger partial charge in [0.1, 0.15) is 5.75 Å². The molecule has 0 N–H and O–H groups in total. The second kappa shape index (κ2) is 6.31. The number of alkyl halides is 3. The smallest absolute Gasteiger partial charge is 0.406 e. The highest BCUT2D eigenvalue weighted by molar-refractivity contribution is 5.32. The van der Waals surface area contributed by atoms with E-state index in [1.54, 1.807) is 12.1 Å². The maximum Gasteiger partial charge on any atom is 0.573 e. The van der Waals surface area contributed by atoms with Crippen molar-refractivity contribution in [3.05, 3.63) is 29.8 Å². The van der Waals surface area contributed by atoms with Crippen LogP contribution in [0.4, 0.5) is 13.2 Å². The summed E-state index contributed by atoms with van der Waals surface area (Å²) < 4.78 is 40.1. The molecular weight excluding hydrogens is 253 g/mol. The molecule has 1 rings (SSSR count). The molecule has 1 nitrogen and oxygen atoms in total. The molecule has 0 amide bonds. The van der Waals surface area contributed by atoms with Gasteiger partial charge in [-0.15, -0.1) is 13.2 Å². The topological polar surface area (TPSA) is 9.23 Å². The number of ether oxygens (including phenoxy) is 1. The van der Waals surface area contributed by atoms with Gasteiger partial charge in [0, 0.05) is 0 Å². The van der Waals surface area contributed by atoms with Crippen LogP contribution in [0.5, 0.6) is 5.75 Å². The number of hydrogen-bond acceptors (Lipinski definition) is 1. The van der Waals surface area contributed by atoms with Gasteiger partial charge < -0.3 is 4.74 Å². The van der Waals surface area contributed by atoms with Gasteiger partial charge >= 0.3 is 6.36 Å². The van der Waals surface area contributed by atoms with Crippen molar-refractivity contribution in [2.24, 2.45) is 0 Å². The van der Waals surface area contributed by atoms with E-state index >= 15 is 0 Å². The van der Waals surface area contributed by atoms with Gasteiger partial charge in [0.2, 0.25) is 0 Å². The second-order valence-electron chi connectivity index (χ2n) is 5.09. The van der Waals surface area contributed by atoms with Crippen molar-refractivity contribution in [1.29, 1.82) is 0 Å². The van der Waals surface area contributed by atoms with Crippen molar-refractivity contribution in [1.82, 2.24) is 0 Å². The number of rotatable bonds is 6. The Morgan fingerprint density at radius 1 is 1.05 bits per heavy atom. The summed E-state index contributed by atoms with van der Waals surface area (Å²) >= 11 is 0. The lowest BCUT2D eigenvalue weighted by atomic mass is 9.76. The first-order valence-corrected chi connectivity index (χ1v) is 6.67. The molecule has 0 aromatic heterocycles. The van der Waals surface area contributed by atoms with Crippen LogP contribution in [0.15, 0.2) is 24.3 Å². The van der Waals surface area contributed by atoms with Crippen LogP contribution < -0.4 is 4.74 Å². The van der Waals surface area contributed by atoms with Crippen LogP contribution in [0.3, 0.4) is 0 Å². The molecular formula is C15H21F3O. The molecule has 1 unspecified atom stereocenters. The van der Waals surface area contributed by atoms with Crippen molar-refractivity contribution in [3.63, 3.8) is 0 Å². The van der Waals surface area contributed by atoms with Crippen molar-refractivity contribution in [2.75, 3.05) is 0 Å². The minimum Gasteiger partial charge on any atom is -0.406 e. The monoisotopic (exact) mass is 274 g/mol. The Bertz CT molecular complexity index is 383. The maximum atomic E-state index is 12.1. The van der Waals surface area contributed by atoms with Crippen LogP contribution in [-0.2, 0) is 5.41 Å². The highest BCUT2D eigenvalue weighted by Crippen LogP contribution is 2.34. The van der Waals surface area contributed by atoms with Gasteiger partial charge in [-0.2, -0.15) is 0 Å². The van der Waals surface area contributed by atoms with E-state index in [2.05, 4.69) is 25.5 Å². The minimum absolute atomic E-state index is 0.0206. The van der Waals surface area contributed by atoms with Gasteiger partial charge in [-0.25, -0.2) is 0 Å². The Hall–Kier alpha value is -1.19. The van der Waals surface area contributed by atoms with Gasteiger partial charge in [-0.1, -0.05) is 45.7 Å². The van der Waals surface area contributed by atoms with E-state index < -0.39 is 6.36 Å². The van der Waals surface area contributed by atoms with E-state index in [4.69, 9.17) is 0 Å². The summed E-state index contributed by atoms with van der Waals surface area (Å²) in [5, 5.41) is 0. The van der Waals surface area contributed by atoms with E-state index in [0.717, 1.165) is 31.2 Å². The summed E-state index contributed by atoms with van der Waals surface area (Å²) in [6, 6.07) is 6.26. The first-order chi connectivity index (χ1) is 8.80. The lowest BCUT2D eigenvalue weighted by Crippen LogP contribution is -2.21. The van der Waals surface area contributed by atoms with Crippen molar-refractivity contribution >= 4 is 0 Å². The van der Waals surface area contributed by atoms with Gasteiger partial charge in [-0.3, -0.25) is 0 Å². The molecule has 4 heteroatoms. The highest BCUT2D eigenvalue weighted by atomic mass is 19.4. The van der Waals surface area contributed by atoms with E-state index in [0.29, 0.717) is 0 Å². The zero-order chi connectivity index (χ0) is 14.5. The lowest BCUT2D eigenvalue weighted by Gasteiger charge is -2.29. The average molecular weight is 274 g/mol. The largest absolute Gasteiger partial charge is 0.573 e. The molecule has 108 valence electrons. The lowest BCUT2D eigenvalue weighted by molar-refractivity contribution is -0.274. The molecule has 19 heavy (non-hydrogen) atoms. The van der Waals surface area contributed by atoms with Crippen LogP contribution in [0.2, 0.25) is 0 Å². The molecule has 0 radical (unpaired) electrons. The van der Waals surface area contributed by atoms with Crippen LogP contribution in [0.25, 0.3) is 0 Å². The van der Waals surface area contributed by atoms with Crippen LogP contribution in [0.1, 0.15) is 52.0 Å². The summed E-state index contributed by atoms with van der Waals surface area (Å²) in [6.45, 7) is 6.40. The zero-order valence-electron chi connectivity index (χ0n) is 11.7. The van der Waals surface area contributed by atoms with Crippen molar-refractivity contribution in [3.8, 4) is 5.75 Å². The molecule has 0 aliphatic rings. The third kappa shape index (κ3) is 4.77. The SMILES string of the molecule is CCCCC(C)(CC)c1ccc(OC(F)(F)F)cc1. The molecule has 0 bridgehead atoms. The normalized spacial score (nSPS) is 15.1. The minimum atomic E-state index is -4.63. The maximum absolute atomic E-state index is 12.1. The number of unbranched alkanes of at least 4 members (excludes halogenated alkanes) is 1. The molecule has 1 aromatic rings. The predicted octanol–water partition coefficient (Wildman–Crippen LogP) is 5.44. The fourth-order valence-corrected chi connectivity index (χ4v) is 2.15. The number of hydrogen-bond donors (Lipinski definition) is 0. The summed E-state index contributed by atoms with van der Waals surface area (Å²) in [5.74, 6) is -0.162. The summed E-state index contributed by atoms with van der Waals surface area (Å²) in [4.78, 5) is 0. The van der Waals surface area contributed by atoms with Gasteiger partial charge in [0.25, 0.3) is 0 Å². The summed E-state index contributed by atoms with van der Waals surface area (Å²) in [6.07, 6.45) is -0.389. The van der Waals surface area contributed by atoms with Gasteiger partial charge in [0.15, 0.2) is 0 Å². The molecule has 0 saturated heterocycles. The third-order valence-electron chi connectivity index (χ3n) is 3.65. The van der Waals surface area contributed by atoms with Gasteiger partial charge in [-0.05, 0) is 36.0 Å². The number of halogens is 3. The van der Waals surface area contributed by atoms with E-state index in [1.807, 2.05) is 0 Å². The molecule has 0 spiro atoms. The first kappa shape index (κ1) is 15.9. The molecule has 0 fully saturated rings. The summed E-state index contributed by atoms with van der Waals surface area (Å²) in [5.41, 5.74) is 1.09. The molecule has 0 aliphatic heterocycles. The van der Waals surface area contributed by atoms with Crippen LogP contribution in [-0.4, -0.2) is 6.36 Å². The van der Waals surface area contributed by atoms with Crippen LogP contribution >= 0.6 is 0 Å². The zero-order valence-corrected chi connectivity index (χ0v) is 11.7. The molecule has 1 atom stereocenters. The molecule has 1 aromatic carbocycles. The van der Waals surface area contributed by atoms with E-state index in [-0.39, 0.29) is 11.2 Å². The molecule has 0 saturated carbocycles. The van der Waals surface area contributed by atoms with Gasteiger partial charge in [0.05, 0.1) is 0 Å². The van der Waals surface area contributed by atoms with Crippen molar-refractivity contribution < 1.29 is 17.9 Å². The standard InChI is InChI=1S/C15H21F3O/c1-4-6-11-14(3,5-2)12-7-9-13(10-8-12)19-15(16,17)18/h7-10H,4-6,11H2,1-3H3. The second-order valence-corrected chi connectivity index (χ2v) is 5.09. The molecule has 0 aliphatic carbocycles. The number of benzene rings is 1. The van der Waals surface area contributed by atoms with E-state index in [9.17, 15) is 13.2 Å². The Morgan fingerprint density at radius 2 is 1.63 bits per heavy atom. The Morgan fingerprint density at radius 3 is 2.05 bits per heavy atom. The average Bonchev–Trinajstić information content (AvgIpc) is 2.35. The highest BCUT2D eigenvalue weighted by Gasteiger charge is 2.31. The molecule has 0 heterocycles. The fourth-order valence-electron chi connectivity index (χ4n) is 2.15. The quantitative estimate of drug-likeness (QED) is 0.670. The fraction of sp³-hybridized carbons (Fsp3) is 0.600. The predicted molar refractivity (Wildman–Crippen MR) is 70.3 cm³/mol. The Kier molecular flexibility index (Phi) is 5.27.